The van der Waals surface area contributed by atoms with Crippen LogP contribution in [0.3, 0.4) is 0 Å². The van der Waals surface area contributed by atoms with Crippen molar-refractivity contribution in [2.24, 2.45) is 0 Å². The van der Waals surface area contributed by atoms with Crippen molar-refractivity contribution >= 4 is 23.4 Å². The average molecular weight is 484 g/mol. The van der Waals surface area contributed by atoms with E-state index < -0.39 is 23.6 Å². The SMILES string of the molecule is CCCN(CC(=O)Nc1cc(C(C)(C)C)nn1-c1cccc(C)c1)C(=O)Nc1ccc(F)c(F)c1. The van der Waals surface area contributed by atoms with Crippen LogP contribution < -0.4 is 10.6 Å². The molecule has 0 atom stereocenters. The van der Waals surface area contributed by atoms with Gasteiger partial charge in [0.1, 0.15) is 12.4 Å². The Morgan fingerprint density at radius 3 is 2.40 bits per heavy atom. The number of halogens is 2. The number of aromatic nitrogens is 2. The van der Waals surface area contributed by atoms with Crippen LogP contribution in [0.5, 0.6) is 0 Å². The highest BCUT2D eigenvalue weighted by Gasteiger charge is 2.23. The third-order valence-electron chi connectivity index (χ3n) is 5.28. The lowest BCUT2D eigenvalue weighted by atomic mass is 9.92. The Morgan fingerprint density at radius 1 is 1.03 bits per heavy atom. The van der Waals surface area contributed by atoms with Crippen molar-refractivity contribution in [3.05, 3.63) is 71.4 Å². The van der Waals surface area contributed by atoms with E-state index >= 15 is 0 Å². The van der Waals surface area contributed by atoms with Crippen LogP contribution in [0.4, 0.5) is 25.1 Å². The lowest BCUT2D eigenvalue weighted by Gasteiger charge is -2.22. The van der Waals surface area contributed by atoms with Crippen LogP contribution in [0.1, 0.15) is 45.4 Å². The number of nitrogens with zero attached hydrogens (tertiary/aromatic N) is 3. The number of rotatable bonds is 7. The van der Waals surface area contributed by atoms with E-state index in [4.69, 9.17) is 5.10 Å². The Hall–Kier alpha value is -3.75. The standard InChI is InChI=1S/C26H31F2N5O2/c1-6-12-32(25(35)29-18-10-11-20(27)21(28)14-18)16-24(34)30-23-15-22(26(3,4)5)31-33(23)19-9-7-8-17(2)13-19/h7-11,13-15H,6,12,16H2,1-5H3,(H,29,35)(H,30,34). The van der Waals surface area contributed by atoms with Crippen LogP contribution in [-0.4, -0.2) is 39.7 Å². The first-order chi connectivity index (χ1) is 16.5. The summed E-state index contributed by atoms with van der Waals surface area (Å²) in [5.41, 5.74) is 2.51. The van der Waals surface area contributed by atoms with Gasteiger partial charge in [0.15, 0.2) is 11.6 Å². The summed E-state index contributed by atoms with van der Waals surface area (Å²) < 4.78 is 28.4. The third kappa shape index (κ3) is 6.65. The second-order valence-electron chi connectivity index (χ2n) is 9.44. The van der Waals surface area contributed by atoms with Gasteiger partial charge in [-0.1, -0.05) is 39.8 Å². The lowest BCUT2D eigenvalue weighted by molar-refractivity contribution is -0.116. The number of urea groups is 1. The maximum atomic E-state index is 13.5. The molecule has 1 aromatic heterocycles. The number of hydrogen-bond donors (Lipinski definition) is 2. The van der Waals surface area contributed by atoms with Crippen LogP contribution in [0.2, 0.25) is 0 Å². The van der Waals surface area contributed by atoms with Gasteiger partial charge < -0.3 is 15.5 Å². The molecule has 0 aliphatic carbocycles. The molecule has 0 radical (unpaired) electrons. The van der Waals surface area contributed by atoms with Gasteiger partial charge in [-0.05, 0) is 43.2 Å². The number of aryl methyl sites for hydroxylation is 1. The van der Waals surface area contributed by atoms with Gasteiger partial charge in [-0.15, -0.1) is 0 Å². The summed E-state index contributed by atoms with van der Waals surface area (Å²) in [6, 6.07) is 12.1. The van der Waals surface area contributed by atoms with Gasteiger partial charge in [-0.25, -0.2) is 18.3 Å². The second-order valence-corrected chi connectivity index (χ2v) is 9.44. The quantitative estimate of drug-likeness (QED) is 0.457. The number of hydrogen-bond acceptors (Lipinski definition) is 3. The molecule has 186 valence electrons. The van der Waals surface area contributed by atoms with Crippen molar-refractivity contribution in [1.29, 1.82) is 0 Å². The zero-order chi connectivity index (χ0) is 25.8. The van der Waals surface area contributed by atoms with Gasteiger partial charge >= 0.3 is 6.03 Å². The molecule has 1 heterocycles. The maximum Gasteiger partial charge on any atom is 0.322 e. The van der Waals surface area contributed by atoms with Gasteiger partial charge in [0.2, 0.25) is 5.91 Å². The van der Waals surface area contributed by atoms with Gasteiger partial charge in [0, 0.05) is 29.8 Å². The predicted molar refractivity (Wildman–Crippen MR) is 133 cm³/mol. The van der Waals surface area contributed by atoms with E-state index in [-0.39, 0.29) is 17.6 Å². The van der Waals surface area contributed by atoms with E-state index in [0.29, 0.717) is 18.8 Å². The summed E-state index contributed by atoms with van der Waals surface area (Å²) in [5.74, 6) is -1.99. The Bertz CT molecular complexity index is 1220. The molecule has 9 heteroatoms. The molecule has 3 amide bonds. The zero-order valence-electron chi connectivity index (χ0n) is 20.7. The predicted octanol–water partition coefficient (Wildman–Crippen LogP) is 5.64. The van der Waals surface area contributed by atoms with E-state index in [9.17, 15) is 18.4 Å². The highest BCUT2D eigenvalue weighted by atomic mass is 19.2. The molecule has 0 fully saturated rings. The molecule has 3 aromatic rings. The van der Waals surface area contributed by atoms with Gasteiger partial charge in [-0.2, -0.15) is 5.10 Å². The fourth-order valence-electron chi connectivity index (χ4n) is 3.45. The first-order valence-corrected chi connectivity index (χ1v) is 11.5. The van der Waals surface area contributed by atoms with Crippen molar-refractivity contribution in [3.63, 3.8) is 0 Å². The van der Waals surface area contributed by atoms with Gasteiger partial charge in [-0.3, -0.25) is 4.79 Å². The fraction of sp³-hybridized carbons (Fsp3) is 0.346. The summed E-state index contributed by atoms with van der Waals surface area (Å²) in [5, 5.41) is 10.1. The Balaban J connectivity index is 1.80. The fourth-order valence-corrected chi connectivity index (χ4v) is 3.45. The highest BCUT2D eigenvalue weighted by molar-refractivity contribution is 5.96. The third-order valence-corrected chi connectivity index (χ3v) is 5.28. The first-order valence-electron chi connectivity index (χ1n) is 11.5. The summed E-state index contributed by atoms with van der Waals surface area (Å²) in [6.07, 6.45) is 0.605. The molecule has 0 aliphatic heterocycles. The number of carbonyl (C=O) groups excluding carboxylic acids is 2. The maximum absolute atomic E-state index is 13.5. The summed E-state index contributed by atoms with van der Waals surface area (Å²) in [6.45, 7) is 10.0. The molecule has 0 spiro atoms. The van der Waals surface area contributed by atoms with E-state index in [1.54, 1.807) is 4.68 Å². The van der Waals surface area contributed by atoms with E-state index in [1.165, 1.54) is 11.0 Å². The Labute approximate surface area is 204 Å². The Kier molecular flexibility index (Phi) is 7.89. The number of carbonyl (C=O) groups is 2. The molecular weight excluding hydrogens is 452 g/mol. The smallest absolute Gasteiger partial charge is 0.315 e. The summed E-state index contributed by atoms with van der Waals surface area (Å²) in [4.78, 5) is 27.0. The van der Waals surface area contributed by atoms with Crippen molar-refractivity contribution in [3.8, 4) is 5.69 Å². The lowest BCUT2D eigenvalue weighted by Crippen LogP contribution is -2.41. The normalized spacial score (nSPS) is 11.3. The Morgan fingerprint density at radius 2 is 1.77 bits per heavy atom. The van der Waals surface area contributed by atoms with Gasteiger partial charge in [0.25, 0.3) is 0 Å². The van der Waals surface area contributed by atoms with Crippen LogP contribution in [0.15, 0.2) is 48.5 Å². The van der Waals surface area contributed by atoms with Crippen LogP contribution >= 0.6 is 0 Å². The van der Waals surface area contributed by atoms with Crippen molar-refractivity contribution < 1.29 is 18.4 Å². The van der Waals surface area contributed by atoms with Crippen molar-refractivity contribution in [2.75, 3.05) is 23.7 Å². The van der Waals surface area contributed by atoms with E-state index in [2.05, 4.69) is 10.6 Å². The molecule has 35 heavy (non-hydrogen) atoms. The molecule has 2 N–H and O–H groups in total. The molecule has 0 saturated carbocycles. The molecule has 0 aliphatic rings. The van der Waals surface area contributed by atoms with Crippen LogP contribution in [0.25, 0.3) is 5.69 Å². The number of nitrogens with one attached hydrogen (secondary N) is 2. The summed E-state index contributed by atoms with van der Waals surface area (Å²) in [7, 11) is 0. The minimum atomic E-state index is -1.07. The highest BCUT2D eigenvalue weighted by Crippen LogP contribution is 2.26. The molecular formula is C26H31F2N5O2. The second kappa shape index (κ2) is 10.7. The topological polar surface area (TPSA) is 79.3 Å². The summed E-state index contributed by atoms with van der Waals surface area (Å²) >= 11 is 0. The van der Waals surface area contributed by atoms with Crippen LogP contribution in [0, 0.1) is 18.6 Å². The number of anilines is 2. The molecule has 2 aromatic carbocycles. The van der Waals surface area contributed by atoms with Crippen LogP contribution in [-0.2, 0) is 10.2 Å². The van der Waals surface area contributed by atoms with E-state index in [1.807, 2.05) is 65.0 Å². The minimum absolute atomic E-state index is 0.0998. The molecule has 0 saturated heterocycles. The molecule has 0 unspecified atom stereocenters. The van der Waals surface area contributed by atoms with E-state index in [0.717, 1.165) is 29.1 Å². The van der Waals surface area contributed by atoms with Crippen molar-refractivity contribution in [2.45, 2.75) is 46.5 Å². The largest absolute Gasteiger partial charge is 0.322 e. The monoisotopic (exact) mass is 483 g/mol. The van der Waals surface area contributed by atoms with Crippen molar-refractivity contribution in [1.82, 2.24) is 14.7 Å². The van der Waals surface area contributed by atoms with Gasteiger partial charge in [0.05, 0.1) is 11.4 Å². The first kappa shape index (κ1) is 25.9. The zero-order valence-corrected chi connectivity index (χ0v) is 20.7. The number of amides is 3. The minimum Gasteiger partial charge on any atom is -0.315 e. The molecule has 7 nitrogen and oxygen atoms in total. The number of benzene rings is 2. The average Bonchev–Trinajstić information content (AvgIpc) is 3.20. The molecule has 0 bridgehead atoms. The molecule has 3 rings (SSSR count).